The number of benzene rings is 2. The van der Waals surface area contributed by atoms with E-state index in [4.69, 9.17) is 5.73 Å². The van der Waals surface area contributed by atoms with Crippen molar-refractivity contribution in [2.24, 2.45) is 0 Å². The Hall–Kier alpha value is -2.03. The molecule has 0 amide bonds. The van der Waals surface area contributed by atoms with E-state index in [0.717, 1.165) is 16.9 Å². The lowest BCUT2D eigenvalue weighted by atomic mass is 10.1. The van der Waals surface area contributed by atoms with Crippen LogP contribution in [-0.4, -0.2) is 0 Å². The second kappa shape index (κ2) is 4.45. The summed E-state index contributed by atoms with van der Waals surface area (Å²) in [5.74, 6) is -0.201. The largest absolute Gasteiger partial charge is 0.397 e. The second-order valence-electron chi connectivity index (χ2n) is 4.13. The number of nitrogens with two attached hydrogens (primary N) is 1. The zero-order valence-corrected chi connectivity index (χ0v) is 9.92. The normalized spacial score (nSPS) is 10.3. The first-order valence-electron chi connectivity index (χ1n) is 5.46. The number of nitrogens with one attached hydrogen (secondary N) is 1. The predicted molar refractivity (Wildman–Crippen MR) is 70.0 cm³/mol. The fourth-order valence-corrected chi connectivity index (χ4v) is 1.73. The first kappa shape index (κ1) is 11.5. The molecule has 17 heavy (non-hydrogen) atoms. The predicted octanol–water partition coefficient (Wildman–Crippen LogP) is 3.77. The highest BCUT2D eigenvalue weighted by atomic mass is 19.1. The van der Waals surface area contributed by atoms with E-state index in [9.17, 15) is 4.39 Å². The summed E-state index contributed by atoms with van der Waals surface area (Å²) in [5.41, 5.74) is 9.97. The number of hydrogen-bond donors (Lipinski definition) is 2. The van der Waals surface area contributed by atoms with Gasteiger partial charge in [0.05, 0.1) is 11.4 Å². The number of hydrogen-bond acceptors (Lipinski definition) is 2. The van der Waals surface area contributed by atoms with Gasteiger partial charge in [0.1, 0.15) is 5.82 Å². The maximum absolute atomic E-state index is 13.1. The lowest BCUT2D eigenvalue weighted by molar-refractivity contribution is 0.619. The van der Waals surface area contributed by atoms with E-state index in [1.54, 1.807) is 19.1 Å². The lowest BCUT2D eigenvalue weighted by Crippen LogP contribution is -1.99. The van der Waals surface area contributed by atoms with Crippen molar-refractivity contribution in [2.45, 2.75) is 13.8 Å². The van der Waals surface area contributed by atoms with Crippen molar-refractivity contribution in [3.8, 4) is 0 Å². The average molecular weight is 230 g/mol. The summed E-state index contributed by atoms with van der Waals surface area (Å²) in [5, 5.41) is 3.22. The first-order valence-corrected chi connectivity index (χ1v) is 5.46. The number of nitrogen functional groups attached to an aromatic ring is 1. The van der Waals surface area contributed by atoms with Crippen LogP contribution in [0.4, 0.5) is 21.5 Å². The van der Waals surface area contributed by atoms with Crippen LogP contribution >= 0.6 is 0 Å². The Balaban J connectivity index is 2.35. The van der Waals surface area contributed by atoms with Crippen molar-refractivity contribution < 1.29 is 4.39 Å². The van der Waals surface area contributed by atoms with E-state index in [-0.39, 0.29) is 5.82 Å². The van der Waals surface area contributed by atoms with Crippen LogP contribution in [0.25, 0.3) is 0 Å². The van der Waals surface area contributed by atoms with Gasteiger partial charge in [-0.1, -0.05) is 12.1 Å². The highest BCUT2D eigenvalue weighted by Gasteiger charge is 2.04. The highest BCUT2D eigenvalue weighted by Crippen LogP contribution is 2.27. The molecule has 3 heteroatoms. The minimum Gasteiger partial charge on any atom is -0.397 e. The summed E-state index contributed by atoms with van der Waals surface area (Å²) in [7, 11) is 0. The van der Waals surface area contributed by atoms with Crippen molar-refractivity contribution in [2.75, 3.05) is 11.1 Å². The van der Waals surface area contributed by atoms with Gasteiger partial charge in [-0.25, -0.2) is 4.39 Å². The van der Waals surface area contributed by atoms with Gasteiger partial charge in [0.25, 0.3) is 0 Å². The molecule has 2 nitrogen and oxygen atoms in total. The van der Waals surface area contributed by atoms with Gasteiger partial charge in [-0.3, -0.25) is 0 Å². The van der Waals surface area contributed by atoms with Crippen molar-refractivity contribution >= 4 is 17.1 Å². The maximum Gasteiger partial charge on any atom is 0.126 e. The summed E-state index contributed by atoms with van der Waals surface area (Å²) in [6.07, 6.45) is 0. The monoisotopic (exact) mass is 230 g/mol. The molecule has 0 spiro atoms. The Kier molecular flexibility index (Phi) is 3.00. The van der Waals surface area contributed by atoms with E-state index in [2.05, 4.69) is 5.32 Å². The quantitative estimate of drug-likeness (QED) is 0.771. The highest BCUT2D eigenvalue weighted by molar-refractivity contribution is 5.75. The molecule has 0 aliphatic carbocycles. The molecule has 0 aliphatic rings. The number of halogens is 1. The number of para-hydroxylation sites is 1. The molecule has 0 saturated heterocycles. The van der Waals surface area contributed by atoms with Crippen molar-refractivity contribution in [1.82, 2.24) is 0 Å². The average Bonchev–Trinajstić information content (AvgIpc) is 2.28. The molecule has 0 atom stereocenters. The summed E-state index contributed by atoms with van der Waals surface area (Å²) >= 11 is 0. The van der Waals surface area contributed by atoms with Crippen LogP contribution < -0.4 is 11.1 Å². The van der Waals surface area contributed by atoms with Crippen LogP contribution in [0.5, 0.6) is 0 Å². The minimum atomic E-state index is -0.201. The topological polar surface area (TPSA) is 38.0 Å². The number of rotatable bonds is 2. The van der Waals surface area contributed by atoms with Gasteiger partial charge in [-0.15, -0.1) is 0 Å². The Morgan fingerprint density at radius 2 is 1.82 bits per heavy atom. The Labute approximate surface area is 100 Å². The zero-order valence-electron chi connectivity index (χ0n) is 9.92. The molecule has 0 radical (unpaired) electrons. The van der Waals surface area contributed by atoms with Crippen LogP contribution in [0.1, 0.15) is 11.1 Å². The van der Waals surface area contributed by atoms with Gasteiger partial charge in [-0.05, 0) is 49.2 Å². The number of anilines is 3. The summed E-state index contributed by atoms with van der Waals surface area (Å²) in [6, 6.07) is 10.6. The maximum atomic E-state index is 13.1. The van der Waals surface area contributed by atoms with E-state index < -0.39 is 0 Å². The standard InChI is InChI=1S/C14H15FN2/c1-9-4-3-5-13(16)14(9)17-11-6-7-12(15)10(2)8-11/h3-8,17H,16H2,1-2H3. The third-order valence-electron chi connectivity index (χ3n) is 2.73. The van der Waals surface area contributed by atoms with Crippen LogP contribution in [0.2, 0.25) is 0 Å². The van der Waals surface area contributed by atoms with Gasteiger partial charge < -0.3 is 11.1 Å². The van der Waals surface area contributed by atoms with Crippen LogP contribution in [-0.2, 0) is 0 Å². The molecular formula is C14H15FN2. The SMILES string of the molecule is Cc1cc(Nc2c(C)cccc2N)ccc1F. The van der Waals surface area contributed by atoms with Crippen molar-refractivity contribution in [3.63, 3.8) is 0 Å². The molecule has 3 N–H and O–H groups in total. The van der Waals surface area contributed by atoms with Gasteiger partial charge >= 0.3 is 0 Å². The summed E-state index contributed by atoms with van der Waals surface area (Å²) in [4.78, 5) is 0. The van der Waals surface area contributed by atoms with Gasteiger partial charge in [0, 0.05) is 5.69 Å². The minimum absolute atomic E-state index is 0.201. The molecule has 2 aromatic rings. The van der Waals surface area contributed by atoms with Crippen LogP contribution in [0, 0.1) is 19.7 Å². The molecule has 0 fully saturated rings. The van der Waals surface area contributed by atoms with E-state index in [1.807, 2.05) is 25.1 Å². The number of aryl methyl sites for hydroxylation is 2. The fourth-order valence-electron chi connectivity index (χ4n) is 1.73. The van der Waals surface area contributed by atoms with E-state index in [1.165, 1.54) is 6.07 Å². The molecule has 0 unspecified atom stereocenters. The molecule has 2 rings (SSSR count). The summed E-state index contributed by atoms with van der Waals surface area (Å²) in [6.45, 7) is 3.72. The second-order valence-corrected chi connectivity index (χ2v) is 4.13. The lowest BCUT2D eigenvalue weighted by Gasteiger charge is -2.12. The third-order valence-corrected chi connectivity index (χ3v) is 2.73. The molecule has 88 valence electrons. The molecule has 0 aliphatic heterocycles. The smallest absolute Gasteiger partial charge is 0.126 e. The fraction of sp³-hybridized carbons (Fsp3) is 0.143. The van der Waals surface area contributed by atoms with Crippen molar-refractivity contribution in [1.29, 1.82) is 0 Å². The van der Waals surface area contributed by atoms with Crippen LogP contribution in [0.15, 0.2) is 36.4 Å². The van der Waals surface area contributed by atoms with Gasteiger partial charge in [-0.2, -0.15) is 0 Å². The zero-order chi connectivity index (χ0) is 12.4. The molecular weight excluding hydrogens is 215 g/mol. The molecule has 2 aromatic carbocycles. The first-order chi connectivity index (χ1) is 8.08. The van der Waals surface area contributed by atoms with Crippen molar-refractivity contribution in [3.05, 3.63) is 53.3 Å². The van der Waals surface area contributed by atoms with E-state index >= 15 is 0 Å². The Morgan fingerprint density at radius 1 is 1.06 bits per heavy atom. The van der Waals surface area contributed by atoms with E-state index in [0.29, 0.717) is 11.3 Å². The van der Waals surface area contributed by atoms with Gasteiger partial charge in [0.15, 0.2) is 0 Å². The third kappa shape index (κ3) is 2.38. The Morgan fingerprint density at radius 3 is 2.47 bits per heavy atom. The molecule has 0 aromatic heterocycles. The summed E-state index contributed by atoms with van der Waals surface area (Å²) < 4.78 is 13.1. The molecule has 0 bridgehead atoms. The molecule has 0 saturated carbocycles. The van der Waals surface area contributed by atoms with Gasteiger partial charge in [0.2, 0.25) is 0 Å². The molecule has 0 heterocycles. The van der Waals surface area contributed by atoms with Crippen LogP contribution in [0.3, 0.4) is 0 Å². The Bertz CT molecular complexity index is 530.